The first-order valence-electron chi connectivity index (χ1n) is 14.4. The van der Waals surface area contributed by atoms with Gasteiger partial charge in [-0.1, -0.05) is 74.5 Å². The van der Waals surface area contributed by atoms with Crippen LogP contribution in [0.5, 0.6) is 0 Å². The second-order valence-electron chi connectivity index (χ2n) is 10.7. The van der Waals surface area contributed by atoms with E-state index in [2.05, 4.69) is 58.5 Å². The average Bonchev–Trinajstić information content (AvgIpc) is 3.32. The van der Waals surface area contributed by atoms with Crippen molar-refractivity contribution in [3.63, 3.8) is 0 Å². The van der Waals surface area contributed by atoms with Crippen LogP contribution in [0.1, 0.15) is 68.8 Å². The molecule has 0 aliphatic heterocycles. The number of carbonyl (C=O) groups is 1. The third-order valence-corrected chi connectivity index (χ3v) is 7.95. The topological polar surface area (TPSA) is 82.7 Å². The molecule has 206 valence electrons. The number of hydrogen-bond acceptors (Lipinski definition) is 4. The van der Waals surface area contributed by atoms with E-state index in [0.717, 1.165) is 71.3 Å². The molecule has 1 aliphatic rings. The zero-order valence-corrected chi connectivity index (χ0v) is 23.8. The summed E-state index contributed by atoms with van der Waals surface area (Å²) in [5.41, 5.74) is 6.50. The van der Waals surface area contributed by atoms with Gasteiger partial charge in [-0.25, -0.2) is 4.98 Å². The lowest BCUT2D eigenvalue weighted by Crippen LogP contribution is -2.39. The number of rotatable bonds is 10. The van der Waals surface area contributed by atoms with Crippen LogP contribution in [0, 0.1) is 11.3 Å². The van der Waals surface area contributed by atoms with Gasteiger partial charge in [0, 0.05) is 29.7 Å². The largest absolute Gasteiger partial charge is 0.376 e. The number of aromatic nitrogens is 2. The van der Waals surface area contributed by atoms with Crippen LogP contribution < -0.4 is 10.6 Å². The van der Waals surface area contributed by atoms with Crippen LogP contribution in [-0.2, 0) is 17.8 Å². The number of carbonyl (C=O) groups excluding carboxylic acids is 1. The van der Waals surface area contributed by atoms with Gasteiger partial charge in [0.1, 0.15) is 5.82 Å². The van der Waals surface area contributed by atoms with Crippen molar-refractivity contribution in [2.45, 2.75) is 70.9 Å². The Morgan fingerprint density at radius 3 is 2.62 bits per heavy atom. The van der Waals surface area contributed by atoms with Crippen molar-refractivity contribution in [1.29, 1.82) is 5.26 Å². The van der Waals surface area contributed by atoms with Gasteiger partial charge in [-0.15, -0.1) is 0 Å². The lowest BCUT2D eigenvalue weighted by Gasteiger charge is -2.22. The highest BCUT2D eigenvalue weighted by molar-refractivity contribution is 6.30. The standard InChI is InChI=1S/C33H36ClN5O/c1-2-3-9-32-38-30-17-15-28(36-21-33(40)37-27-7-5-4-6-8-27)19-31(30)39(32)22-23-10-12-24(13-11-23)29-16-14-26(34)18-25(29)20-35/h10-19,27,36H,2-9,21-22H2,1H3,(H,37,40). The molecule has 0 spiro atoms. The quantitative estimate of drug-likeness (QED) is 0.213. The van der Waals surface area contributed by atoms with Crippen molar-refractivity contribution in [3.8, 4) is 17.2 Å². The fourth-order valence-electron chi connectivity index (χ4n) is 5.53. The van der Waals surface area contributed by atoms with Crippen molar-refractivity contribution in [1.82, 2.24) is 14.9 Å². The van der Waals surface area contributed by atoms with Gasteiger partial charge in [0.05, 0.1) is 29.2 Å². The molecule has 3 aromatic carbocycles. The number of aryl methyl sites for hydroxylation is 1. The van der Waals surface area contributed by atoms with Crippen molar-refractivity contribution in [2.75, 3.05) is 11.9 Å². The molecule has 6 nitrogen and oxygen atoms in total. The van der Waals surface area contributed by atoms with Crippen LogP contribution in [0.2, 0.25) is 5.02 Å². The Kier molecular flexibility index (Phi) is 9.03. The second kappa shape index (κ2) is 13.0. The van der Waals surface area contributed by atoms with E-state index >= 15 is 0 Å². The molecule has 0 saturated heterocycles. The van der Waals surface area contributed by atoms with Gasteiger partial charge in [-0.2, -0.15) is 5.26 Å². The van der Waals surface area contributed by atoms with Gasteiger partial charge in [0.25, 0.3) is 0 Å². The molecule has 0 unspecified atom stereocenters. The Hall–Kier alpha value is -3.82. The van der Waals surface area contributed by atoms with Crippen LogP contribution in [-0.4, -0.2) is 28.0 Å². The maximum Gasteiger partial charge on any atom is 0.239 e. The summed E-state index contributed by atoms with van der Waals surface area (Å²) in [7, 11) is 0. The monoisotopic (exact) mass is 553 g/mol. The SMILES string of the molecule is CCCCc1nc2ccc(NCC(=O)NC3CCCCC3)cc2n1Cc1ccc(-c2ccc(Cl)cc2C#N)cc1. The summed E-state index contributed by atoms with van der Waals surface area (Å²) in [6.45, 7) is 3.14. The van der Waals surface area contributed by atoms with Gasteiger partial charge >= 0.3 is 0 Å². The molecule has 40 heavy (non-hydrogen) atoms. The molecule has 7 heteroatoms. The van der Waals surface area contributed by atoms with Gasteiger partial charge in [0.15, 0.2) is 0 Å². The number of fused-ring (bicyclic) bond motifs is 1. The number of nitrogens with one attached hydrogen (secondary N) is 2. The van der Waals surface area contributed by atoms with E-state index in [1.807, 2.05) is 24.3 Å². The first-order chi connectivity index (χ1) is 19.5. The van der Waals surface area contributed by atoms with Crippen molar-refractivity contribution >= 4 is 34.2 Å². The van der Waals surface area contributed by atoms with Gasteiger partial charge < -0.3 is 15.2 Å². The van der Waals surface area contributed by atoms with E-state index in [-0.39, 0.29) is 12.5 Å². The minimum absolute atomic E-state index is 0.0458. The highest BCUT2D eigenvalue weighted by atomic mass is 35.5. The summed E-state index contributed by atoms with van der Waals surface area (Å²) in [6, 6.07) is 22.5. The molecule has 2 N–H and O–H groups in total. The normalized spacial score (nSPS) is 13.7. The summed E-state index contributed by atoms with van der Waals surface area (Å²) < 4.78 is 2.29. The third-order valence-electron chi connectivity index (χ3n) is 7.71. The van der Waals surface area contributed by atoms with Gasteiger partial charge in [0.2, 0.25) is 5.91 Å². The number of anilines is 1. The highest BCUT2D eigenvalue weighted by Crippen LogP contribution is 2.28. The number of imidazole rings is 1. The molecule has 5 rings (SSSR count). The Bertz CT molecular complexity index is 1510. The van der Waals surface area contributed by atoms with Crippen LogP contribution in [0.4, 0.5) is 5.69 Å². The molecular weight excluding hydrogens is 518 g/mol. The molecule has 0 bridgehead atoms. The molecule has 1 fully saturated rings. The van der Waals surface area contributed by atoms with Gasteiger partial charge in [-0.05, 0) is 66.3 Å². The smallest absolute Gasteiger partial charge is 0.239 e. The highest BCUT2D eigenvalue weighted by Gasteiger charge is 2.16. The number of halogens is 1. The molecule has 1 aromatic heterocycles. The van der Waals surface area contributed by atoms with E-state index in [1.165, 1.54) is 19.3 Å². The summed E-state index contributed by atoms with van der Waals surface area (Å²) in [4.78, 5) is 17.5. The lowest BCUT2D eigenvalue weighted by molar-refractivity contribution is -0.120. The predicted molar refractivity (Wildman–Crippen MR) is 163 cm³/mol. The minimum atomic E-state index is 0.0458. The maximum atomic E-state index is 12.6. The zero-order chi connectivity index (χ0) is 27.9. The molecule has 0 radical (unpaired) electrons. The number of amides is 1. The van der Waals surface area contributed by atoms with Crippen LogP contribution in [0.25, 0.3) is 22.2 Å². The maximum absolute atomic E-state index is 12.6. The Labute approximate surface area is 241 Å². The van der Waals surface area contributed by atoms with Crippen molar-refractivity contribution < 1.29 is 4.79 Å². The van der Waals surface area contributed by atoms with Crippen LogP contribution >= 0.6 is 11.6 Å². The third kappa shape index (κ3) is 6.66. The van der Waals surface area contributed by atoms with Crippen molar-refractivity contribution in [2.24, 2.45) is 0 Å². The zero-order valence-electron chi connectivity index (χ0n) is 23.0. The number of benzene rings is 3. The van der Waals surface area contributed by atoms with E-state index in [0.29, 0.717) is 23.2 Å². The van der Waals surface area contributed by atoms with E-state index in [4.69, 9.17) is 16.6 Å². The van der Waals surface area contributed by atoms with Gasteiger partial charge in [-0.3, -0.25) is 4.79 Å². The number of nitrogens with zero attached hydrogens (tertiary/aromatic N) is 3. The summed E-state index contributed by atoms with van der Waals surface area (Å²) >= 11 is 6.09. The fourth-order valence-corrected chi connectivity index (χ4v) is 5.70. The van der Waals surface area contributed by atoms with E-state index in [1.54, 1.807) is 6.07 Å². The van der Waals surface area contributed by atoms with Crippen LogP contribution in [0.3, 0.4) is 0 Å². The fraction of sp³-hybridized carbons (Fsp3) is 0.364. The summed E-state index contributed by atoms with van der Waals surface area (Å²) in [5, 5.41) is 16.6. The number of unbranched alkanes of at least 4 members (excludes halogenated alkanes) is 1. The van der Waals surface area contributed by atoms with Crippen LogP contribution in [0.15, 0.2) is 60.7 Å². The molecule has 0 atom stereocenters. The second-order valence-corrected chi connectivity index (χ2v) is 11.1. The predicted octanol–water partition coefficient (Wildman–Crippen LogP) is 7.48. The number of nitriles is 1. The average molecular weight is 554 g/mol. The molecule has 1 heterocycles. The van der Waals surface area contributed by atoms with E-state index in [9.17, 15) is 10.1 Å². The Morgan fingerprint density at radius 2 is 1.88 bits per heavy atom. The molecule has 1 amide bonds. The summed E-state index contributed by atoms with van der Waals surface area (Å²) in [5.74, 6) is 1.11. The minimum Gasteiger partial charge on any atom is -0.376 e. The molecule has 1 saturated carbocycles. The Morgan fingerprint density at radius 1 is 1.07 bits per heavy atom. The molecule has 1 aliphatic carbocycles. The summed E-state index contributed by atoms with van der Waals surface area (Å²) in [6.07, 6.45) is 8.91. The lowest BCUT2D eigenvalue weighted by atomic mass is 9.95. The van der Waals surface area contributed by atoms with Crippen molar-refractivity contribution in [3.05, 3.63) is 82.6 Å². The molecular formula is C33H36ClN5O. The first-order valence-corrected chi connectivity index (χ1v) is 14.7. The first kappa shape index (κ1) is 27.7. The number of hydrogen-bond donors (Lipinski definition) is 2. The Balaban J connectivity index is 1.35. The molecule has 4 aromatic rings. The van der Waals surface area contributed by atoms with E-state index < -0.39 is 0 Å².